The smallest absolute Gasteiger partial charge is 0.270 e. The Kier molecular flexibility index (Phi) is 4.37. The molecule has 0 bridgehead atoms. The molecule has 1 rings (SSSR count). The third-order valence-corrected chi connectivity index (χ3v) is 4.17. The lowest BCUT2D eigenvalue weighted by atomic mass is 10.3. The van der Waals surface area contributed by atoms with Gasteiger partial charge in [0.15, 0.2) is 0 Å². The molecule has 19 heavy (non-hydrogen) atoms. The van der Waals surface area contributed by atoms with Gasteiger partial charge in [-0.05, 0) is 6.07 Å². The largest absolute Gasteiger partial charge is 0.398 e. The van der Waals surface area contributed by atoms with Gasteiger partial charge in [-0.1, -0.05) is 0 Å². The van der Waals surface area contributed by atoms with Crippen LogP contribution in [0.15, 0.2) is 23.1 Å². The zero-order valence-electron chi connectivity index (χ0n) is 9.79. The molecule has 0 heterocycles. The molecule has 0 aliphatic carbocycles. The van der Waals surface area contributed by atoms with E-state index in [2.05, 4.69) is 0 Å². The van der Waals surface area contributed by atoms with Gasteiger partial charge in [-0.3, -0.25) is 10.1 Å². The molecule has 0 radical (unpaired) electrons. The summed E-state index contributed by atoms with van der Waals surface area (Å²) in [6.07, 6.45) is -2.86. The third kappa shape index (κ3) is 3.35. The van der Waals surface area contributed by atoms with Gasteiger partial charge in [0, 0.05) is 19.2 Å². The van der Waals surface area contributed by atoms with Gasteiger partial charge in [0.25, 0.3) is 12.1 Å². The van der Waals surface area contributed by atoms with Crippen molar-refractivity contribution in [3.05, 3.63) is 28.3 Å². The van der Waals surface area contributed by atoms with Crippen molar-refractivity contribution in [2.24, 2.45) is 0 Å². The minimum absolute atomic E-state index is 0.244. The highest BCUT2D eigenvalue weighted by molar-refractivity contribution is 7.89. The first-order valence-corrected chi connectivity index (χ1v) is 6.38. The predicted molar refractivity (Wildman–Crippen MR) is 63.3 cm³/mol. The number of nitrogens with two attached hydrogens (primary N) is 1. The van der Waals surface area contributed by atoms with Gasteiger partial charge in [0.1, 0.15) is 4.90 Å². The van der Waals surface area contributed by atoms with Crippen molar-refractivity contribution in [2.75, 3.05) is 19.3 Å². The van der Waals surface area contributed by atoms with E-state index in [1.807, 2.05) is 0 Å². The highest BCUT2D eigenvalue weighted by atomic mass is 32.2. The Morgan fingerprint density at radius 3 is 2.53 bits per heavy atom. The molecule has 7 nitrogen and oxygen atoms in total. The molecular weight excluding hydrogens is 284 g/mol. The number of nitro benzene ring substituents is 1. The SMILES string of the molecule is CN(CC(F)F)S(=O)(=O)c1cc([N+](=O)[O-])ccc1N. The number of sulfonamides is 1. The van der Waals surface area contributed by atoms with E-state index < -0.39 is 38.5 Å². The molecule has 1 aromatic rings. The Hall–Kier alpha value is -1.81. The number of hydrogen-bond donors (Lipinski definition) is 1. The average molecular weight is 295 g/mol. The van der Waals surface area contributed by atoms with E-state index in [4.69, 9.17) is 5.73 Å². The van der Waals surface area contributed by atoms with Crippen LogP contribution in [-0.2, 0) is 10.0 Å². The maximum Gasteiger partial charge on any atom is 0.270 e. The number of non-ortho nitro benzene ring substituents is 1. The van der Waals surface area contributed by atoms with Crippen LogP contribution in [0.3, 0.4) is 0 Å². The lowest BCUT2D eigenvalue weighted by Gasteiger charge is -2.17. The first kappa shape index (κ1) is 15.2. The summed E-state index contributed by atoms with van der Waals surface area (Å²) in [6.45, 7) is -1.02. The molecule has 0 spiro atoms. The minimum atomic E-state index is -4.30. The maximum absolute atomic E-state index is 12.2. The molecule has 0 unspecified atom stereocenters. The van der Waals surface area contributed by atoms with E-state index in [-0.39, 0.29) is 5.69 Å². The van der Waals surface area contributed by atoms with Crippen LogP contribution in [0.2, 0.25) is 0 Å². The van der Waals surface area contributed by atoms with Crippen LogP contribution in [0.25, 0.3) is 0 Å². The highest BCUT2D eigenvalue weighted by Crippen LogP contribution is 2.26. The number of anilines is 1. The van der Waals surface area contributed by atoms with Crippen molar-refractivity contribution in [3.8, 4) is 0 Å². The Balaban J connectivity index is 3.28. The van der Waals surface area contributed by atoms with Crippen molar-refractivity contribution in [1.29, 1.82) is 0 Å². The summed E-state index contributed by atoms with van der Waals surface area (Å²) >= 11 is 0. The molecule has 0 atom stereocenters. The molecule has 0 saturated heterocycles. The topological polar surface area (TPSA) is 107 Å². The van der Waals surface area contributed by atoms with Crippen molar-refractivity contribution < 1.29 is 22.1 Å². The molecule has 0 aromatic heterocycles. The first-order valence-electron chi connectivity index (χ1n) is 4.94. The molecule has 0 amide bonds. The number of nitrogens with zero attached hydrogens (tertiary/aromatic N) is 2. The number of nitrogen functional groups attached to an aromatic ring is 1. The van der Waals surface area contributed by atoms with Gasteiger partial charge in [0.05, 0.1) is 17.2 Å². The second-order valence-corrected chi connectivity index (χ2v) is 5.67. The summed E-state index contributed by atoms with van der Waals surface area (Å²) in [5, 5.41) is 10.6. The van der Waals surface area contributed by atoms with E-state index in [9.17, 15) is 27.3 Å². The predicted octanol–water partition coefficient (Wildman–Crippen LogP) is 1.06. The van der Waals surface area contributed by atoms with Crippen molar-refractivity contribution >= 4 is 21.4 Å². The van der Waals surface area contributed by atoms with Crippen molar-refractivity contribution in [3.63, 3.8) is 0 Å². The molecular formula is C9H11F2N3O4S. The summed E-state index contributed by atoms with van der Waals surface area (Å²) in [6, 6.07) is 2.81. The van der Waals surface area contributed by atoms with Gasteiger partial charge in [0.2, 0.25) is 10.0 Å². The standard InChI is InChI=1S/C9H11F2N3O4S/c1-13(5-9(10)11)19(17,18)8-4-6(14(15)16)2-3-7(8)12/h2-4,9H,5,12H2,1H3. The number of hydrogen-bond acceptors (Lipinski definition) is 5. The van der Waals surface area contributed by atoms with Crippen LogP contribution in [-0.4, -0.2) is 37.7 Å². The summed E-state index contributed by atoms with van der Waals surface area (Å²) in [7, 11) is -3.35. The third-order valence-electron chi connectivity index (χ3n) is 2.29. The van der Waals surface area contributed by atoms with E-state index in [0.29, 0.717) is 4.31 Å². The van der Waals surface area contributed by atoms with Crippen LogP contribution < -0.4 is 5.73 Å². The number of halogens is 2. The fourth-order valence-corrected chi connectivity index (χ4v) is 2.60. The summed E-state index contributed by atoms with van der Waals surface area (Å²) in [4.78, 5) is 9.21. The average Bonchev–Trinajstić information content (AvgIpc) is 2.27. The van der Waals surface area contributed by atoms with Crippen LogP contribution in [0.5, 0.6) is 0 Å². The maximum atomic E-state index is 12.2. The Morgan fingerprint density at radius 1 is 1.47 bits per heavy atom. The normalized spacial score (nSPS) is 12.1. The van der Waals surface area contributed by atoms with Gasteiger partial charge in [-0.15, -0.1) is 0 Å². The zero-order valence-corrected chi connectivity index (χ0v) is 10.6. The van der Waals surface area contributed by atoms with Gasteiger partial charge in [-0.25, -0.2) is 17.2 Å². The Morgan fingerprint density at radius 2 is 2.05 bits per heavy atom. The second-order valence-electron chi connectivity index (χ2n) is 3.66. The molecule has 0 fully saturated rings. The molecule has 1 aromatic carbocycles. The van der Waals surface area contributed by atoms with Gasteiger partial charge in [-0.2, -0.15) is 4.31 Å². The number of nitro groups is 1. The van der Waals surface area contributed by atoms with Gasteiger partial charge < -0.3 is 5.73 Å². The van der Waals surface area contributed by atoms with Crippen molar-refractivity contribution in [2.45, 2.75) is 11.3 Å². The van der Waals surface area contributed by atoms with E-state index in [1.165, 1.54) is 0 Å². The highest BCUT2D eigenvalue weighted by Gasteiger charge is 2.27. The van der Waals surface area contributed by atoms with Crippen LogP contribution in [0.1, 0.15) is 0 Å². The van der Waals surface area contributed by atoms with Crippen LogP contribution in [0, 0.1) is 10.1 Å². The summed E-state index contributed by atoms with van der Waals surface area (Å²) < 4.78 is 48.7. The van der Waals surface area contributed by atoms with E-state index in [0.717, 1.165) is 25.2 Å². The lowest BCUT2D eigenvalue weighted by Crippen LogP contribution is -2.31. The van der Waals surface area contributed by atoms with Crippen molar-refractivity contribution in [1.82, 2.24) is 4.31 Å². The monoisotopic (exact) mass is 295 g/mol. The fourth-order valence-electron chi connectivity index (χ4n) is 1.32. The number of benzene rings is 1. The number of rotatable bonds is 5. The van der Waals surface area contributed by atoms with E-state index in [1.54, 1.807) is 0 Å². The molecule has 10 heteroatoms. The Labute approximate surface area is 107 Å². The molecule has 2 N–H and O–H groups in total. The molecule has 0 aliphatic heterocycles. The summed E-state index contributed by atoms with van der Waals surface area (Å²) in [5.41, 5.74) is 4.70. The molecule has 106 valence electrons. The quantitative estimate of drug-likeness (QED) is 0.496. The Bertz CT molecular complexity index is 591. The summed E-state index contributed by atoms with van der Waals surface area (Å²) in [5.74, 6) is 0. The van der Waals surface area contributed by atoms with Crippen LogP contribution in [0.4, 0.5) is 20.2 Å². The molecule has 0 saturated carbocycles. The second kappa shape index (κ2) is 5.45. The van der Waals surface area contributed by atoms with Crippen LogP contribution >= 0.6 is 0 Å². The lowest BCUT2D eigenvalue weighted by molar-refractivity contribution is -0.385. The number of alkyl halides is 2. The zero-order chi connectivity index (χ0) is 14.8. The van der Waals surface area contributed by atoms with Gasteiger partial charge >= 0.3 is 0 Å². The van der Waals surface area contributed by atoms with E-state index >= 15 is 0 Å². The fraction of sp³-hybridized carbons (Fsp3) is 0.333. The minimum Gasteiger partial charge on any atom is -0.398 e. The first-order chi connectivity index (χ1) is 8.66. The molecule has 0 aliphatic rings.